The number of fused-ring (bicyclic) bond motifs is 1. The minimum Gasteiger partial charge on any atom is -0.491 e. The summed E-state index contributed by atoms with van der Waals surface area (Å²) >= 11 is 0. The second-order valence-electron chi connectivity index (χ2n) is 4.61. The Labute approximate surface area is 120 Å². The van der Waals surface area contributed by atoms with E-state index in [2.05, 4.69) is 9.97 Å². The van der Waals surface area contributed by atoms with Gasteiger partial charge in [-0.25, -0.2) is 9.78 Å². The second-order valence-corrected chi connectivity index (χ2v) is 4.61. The van der Waals surface area contributed by atoms with Crippen LogP contribution in [0.25, 0.3) is 0 Å². The number of hydrogen-bond donors (Lipinski definition) is 2. The van der Waals surface area contributed by atoms with E-state index < -0.39 is 11.9 Å². The molecule has 1 aliphatic heterocycles. The summed E-state index contributed by atoms with van der Waals surface area (Å²) in [6, 6.07) is 7.46. The van der Waals surface area contributed by atoms with Crippen molar-refractivity contribution < 1.29 is 19.4 Å². The number of nitrogens with one attached hydrogen (secondary N) is 1. The van der Waals surface area contributed by atoms with E-state index in [-0.39, 0.29) is 11.4 Å². The van der Waals surface area contributed by atoms with E-state index in [1.165, 1.54) is 11.2 Å². The van der Waals surface area contributed by atoms with Crippen LogP contribution >= 0.6 is 0 Å². The molecule has 0 saturated carbocycles. The summed E-state index contributed by atoms with van der Waals surface area (Å²) in [6.45, 7) is 1.09. The van der Waals surface area contributed by atoms with E-state index in [0.717, 1.165) is 11.3 Å². The Morgan fingerprint density at radius 3 is 2.95 bits per heavy atom. The zero-order valence-electron chi connectivity index (χ0n) is 11.1. The number of ether oxygens (including phenoxy) is 1. The molecule has 7 nitrogen and oxygen atoms in total. The third-order valence-electron chi connectivity index (χ3n) is 3.30. The fraction of sp³-hybridized carbons (Fsp3) is 0.214. The predicted octanol–water partition coefficient (Wildman–Crippen LogP) is 1.14. The van der Waals surface area contributed by atoms with Gasteiger partial charge in [-0.2, -0.15) is 0 Å². The lowest BCUT2D eigenvalue weighted by Gasteiger charge is -2.18. The Morgan fingerprint density at radius 1 is 1.33 bits per heavy atom. The molecule has 0 atom stereocenters. The SMILES string of the molecule is O=C(O)c1[nH]cnc1C(=O)N1CCOc2ccccc2C1. The maximum Gasteiger partial charge on any atom is 0.354 e. The molecule has 1 amide bonds. The van der Waals surface area contributed by atoms with Crippen molar-refractivity contribution in [2.75, 3.05) is 13.2 Å². The monoisotopic (exact) mass is 287 g/mol. The van der Waals surface area contributed by atoms with Crippen LogP contribution in [0.1, 0.15) is 26.5 Å². The van der Waals surface area contributed by atoms with Crippen LogP contribution in [0.3, 0.4) is 0 Å². The highest BCUT2D eigenvalue weighted by Crippen LogP contribution is 2.23. The van der Waals surface area contributed by atoms with Gasteiger partial charge in [-0.3, -0.25) is 4.79 Å². The number of aromatic nitrogens is 2. The van der Waals surface area contributed by atoms with Crippen LogP contribution in [0.15, 0.2) is 30.6 Å². The van der Waals surface area contributed by atoms with Gasteiger partial charge in [0.25, 0.3) is 5.91 Å². The molecule has 2 aromatic rings. The van der Waals surface area contributed by atoms with Crippen LogP contribution in [0.2, 0.25) is 0 Å². The molecule has 1 aromatic heterocycles. The third-order valence-corrected chi connectivity index (χ3v) is 3.30. The molecule has 2 N–H and O–H groups in total. The normalized spacial score (nSPS) is 14.0. The van der Waals surface area contributed by atoms with Gasteiger partial charge in [-0.15, -0.1) is 0 Å². The first-order chi connectivity index (χ1) is 10.2. The highest BCUT2D eigenvalue weighted by molar-refractivity contribution is 6.02. The lowest BCUT2D eigenvalue weighted by Crippen LogP contribution is -2.33. The molecular formula is C14H13N3O4. The number of hydrogen-bond acceptors (Lipinski definition) is 4. The van der Waals surface area contributed by atoms with Gasteiger partial charge >= 0.3 is 5.97 Å². The van der Waals surface area contributed by atoms with Crippen LogP contribution < -0.4 is 4.74 Å². The van der Waals surface area contributed by atoms with Gasteiger partial charge in [0, 0.05) is 12.1 Å². The number of carbonyl (C=O) groups excluding carboxylic acids is 1. The molecular weight excluding hydrogens is 274 g/mol. The average molecular weight is 287 g/mol. The summed E-state index contributed by atoms with van der Waals surface area (Å²) < 4.78 is 5.59. The molecule has 0 saturated heterocycles. The standard InChI is InChI=1S/C14H13N3O4/c18-13(11-12(14(19)20)16-8-15-11)17-5-6-21-10-4-2-1-3-9(10)7-17/h1-4,8H,5-7H2,(H,15,16)(H,19,20). The molecule has 1 aromatic carbocycles. The molecule has 0 spiro atoms. The number of aromatic amines is 1. The molecule has 0 aliphatic carbocycles. The Morgan fingerprint density at radius 2 is 2.14 bits per heavy atom. The minimum atomic E-state index is -1.21. The van der Waals surface area contributed by atoms with E-state index in [0.29, 0.717) is 19.7 Å². The molecule has 0 unspecified atom stereocenters. The van der Waals surface area contributed by atoms with Crippen molar-refractivity contribution in [1.29, 1.82) is 0 Å². The van der Waals surface area contributed by atoms with E-state index in [4.69, 9.17) is 9.84 Å². The predicted molar refractivity (Wildman–Crippen MR) is 72.2 cm³/mol. The fourth-order valence-electron chi connectivity index (χ4n) is 2.27. The van der Waals surface area contributed by atoms with Crippen molar-refractivity contribution in [1.82, 2.24) is 14.9 Å². The van der Waals surface area contributed by atoms with Crippen molar-refractivity contribution in [2.24, 2.45) is 0 Å². The molecule has 0 fully saturated rings. The largest absolute Gasteiger partial charge is 0.491 e. The highest BCUT2D eigenvalue weighted by Gasteiger charge is 2.26. The molecule has 7 heteroatoms. The van der Waals surface area contributed by atoms with Gasteiger partial charge in [-0.05, 0) is 6.07 Å². The van der Waals surface area contributed by atoms with Crippen molar-refractivity contribution in [3.05, 3.63) is 47.5 Å². The Bertz CT molecular complexity index is 695. The lowest BCUT2D eigenvalue weighted by atomic mass is 10.2. The van der Waals surface area contributed by atoms with Crippen molar-refractivity contribution >= 4 is 11.9 Å². The molecule has 0 radical (unpaired) electrons. The second kappa shape index (κ2) is 5.28. The zero-order chi connectivity index (χ0) is 14.8. The molecule has 108 valence electrons. The molecule has 1 aliphatic rings. The van der Waals surface area contributed by atoms with Crippen molar-refractivity contribution in [3.63, 3.8) is 0 Å². The smallest absolute Gasteiger partial charge is 0.354 e. The summed E-state index contributed by atoms with van der Waals surface area (Å²) in [5.41, 5.74) is 0.607. The number of amides is 1. The van der Waals surface area contributed by atoms with E-state index in [9.17, 15) is 9.59 Å². The molecule has 0 bridgehead atoms. The van der Waals surface area contributed by atoms with E-state index >= 15 is 0 Å². The van der Waals surface area contributed by atoms with Crippen LogP contribution in [0.4, 0.5) is 0 Å². The number of carbonyl (C=O) groups is 2. The van der Waals surface area contributed by atoms with E-state index in [1.807, 2.05) is 24.3 Å². The van der Waals surface area contributed by atoms with Gasteiger partial charge < -0.3 is 19.7 Å². The maximum absolute atomic E-state index is 12.5. The third kappa shape index (κ3) is 2.45. The lowest BCUT2D eigenvalue weighted by molar-refractivity contribution is 0.0663. The zero-order valence-corrected chi connectivity index (χ0v) is 11.1. The van der Waals surface area contributed by atoms with Crippen molar-refractivity contribution in [3.8, 4) is 5.75 Å². The first-order valence-electron chi connectivity index (χ1n) is 6.43. The van der Waals surface area contributed by atoms with Crippen LogP contribution in [-0.4, -0.2) is 45.0 Å². The molecule has 3 rings (SSSR count). The van der Waals surface area contributed by atoms with Gasteiger partial charge in [0.2, 0.25) is 0 Å². The summed E-state index contributed by atoms with van der Waals surface area (Å²) in [5, 5.41) is 9.05. The molecule has 2 heterocycles. The summed E-state index contributed by atoms with van der Waals surface area (Å²) in [5.74, 6) is -0.885. The number of carboxylic acids is 1. The topological polar surface area (TPSA) is 95.5 Å². The van der Waals surface area contributed by atoms with Gasteiger partial charge in [0.05, 0.1) is 12.9 Å². The van der Waals surface area contributed by atoms with Crippen LogP contribution in [0, 0.1) is 0 Å². The highest BCUT2D eigenvalue weighted by atomic mass is 16.5. The Kier molecular flexibility index (Phi) is 3.31. The number of rotatable bonds is 2. The van der Waals surface area contributed by atoms with Gasteiger partial charge in [0.15, 0.2) is 11.4 Å². The average Bonchev–Trinajstić information content (AvgIpc) is 2.87. The van der Waals surface area contributed by atoms with Crippen LogP contribution in [-0.2, 0) is 6.54 Å². The Balaban J connectivity index is 1.88. The number of imidazole rings is 1. The maximum atomic E-state index is 12.5. The van der Waals surface area contributed by atoms with Crippen molar-refractivity contribution in [2.45, 2.75) is 6.54 Å². The number of carboxylic acid groups (broad SMARTS) is 1. The molecule has 21 heavy (non-hydrogen) atoms. The fourth-order valence-corrected chi connectivity index (χ4v) is 2.27. The van der Waals surface area contributed by atoms with Gasteiger partial charge in [0.1, 0.15) is 12.4 Å². The summed E-state index contributed by atoms with van der Waals surface area (Å²) in [6.07, 6.45) is 1.21. The minimum absolute atomic E-state index is 0.0816. The number of nitrogens with zero attached hydrogens (tertiary/aromatic N) is 2. The number of benzene rings is 1. The quantitative estimate of drug-likeness (QED) is 0.863. The number of para-hydroxylation sites is 1. The first kappa shape index (κ1) is 13.2. The summed E-state index contributed by atoms with van der Waals surface area (Å²) in [4.78, 5) is 31.4. The summed E-state index contributed by atoms with van der Waals surface area (Å²) in [7, 11) is 0. The van der Waals surface area contributed by atoms with E-state index in [1.54, 1.807) is 0 Å². The first-order valence-corrected chi connectivity index (χ1v) is 6.43. The Hall–Kier alpha value is -2.83. The van der Waals surface area contributed by atoms with Crippen LogP contribution in [0.5, 0.6) is 5.75 Å². The number of aromatic carboxylic acids is 1. The number of H-pyrrole nitrogens is 1. The van der Waals surface area contributed by atoms with Gasteiger partial charge in [-0.1, -0.05) is 18.2 Å².